The van der Waals surface area contributed by atoms with E-state index in [0.717, 1.165) is 12.0 Å². The van der Waals surface area contributed by atoms with Gasteiger partial charge < -0.3 is 10.4 Å². The van der Waals surface area contributed by atoms with Crippen LogP contribution in [0.1, 0.15) is 18.5 Å². The van der Waals surface area contributed by atoms with Gasteiger partial charge >= 0.3 is 0 Å². The maximum Gasteiger partial charge on any atom is 0.261 e. The van der Waals surface area contributed by atoms with E-state index in [0.29, 0.717) is 24.0 Å². The zero-order chi connectivity index (χ0) is 13.4. The van der Waals surface area contributed by atoms with E-state index in [9.17, 15) is 9.90 Å². The molecular formula is C14H17N3O2. The van der Waals surface area contributed by atoms with E-state index in [-0.39, 0.29) is 11.6 Å². The largest absolute Gasteiger partial charge is 0.390 e. The van der Waals surface area contributed by atoms with Crippen LogP contribution < -0.4 is 10.9 Å². The second-order valence-electron chi connectivity index (χ2n) is 4.95. The monoisotopic (exact) mass is 259 g/mol. The molecular weight excluding hydrogens is 242 g/mol. The Hall–Kier alpha value is -1.72. The molecule has 3 rings (SSSR count). The molecule has 1 fully saturated rings. The summed E-state index contributed by atoms with van der Waals surface area (Å²) in [5, 5.41) is 13.6. The van der Waals surface area contributed by atoms with Gasteiger partial charge in [0.1, 0.15) is 0 Å². The van der Waals surface area contributed by atoms with E-state index in [2.05, 4.69) is 17.2 Å². The molecule has 1 aliphatic heterocycles. The van der Waals surface area contributed by atoms with Crippen LogP contribution in [0.2, 0.25) is 0 Å². The predicted octanol–water partition coefficient (Wildman–Crippen LogP) is 0.464. The molecule has 2 heterocycles. The summed E-state index contributed by atoms with van der Waals surface area (Å²) in [6, 6.07) is 5.54. The van der Waals surface area contributed by atoms with Crippen LogP contribution in [0.25, 0.3) is 10.9 Å². The van der Waals surface area contributed by atoms with Crippen LogP contribution >= 0.6 is 0 Å². The molecule has 2 N–H and O–H groups in total. The van der Waals surface area contributed by atoms with Crippen LogP contribution in [0.3, 0.4) is 0 Å². The third kappa shape index (κ3) is 2.05. The van der Waals surface area contributed by atoms with Crippen molar-refractivity contribution in [2.45, 2.75) is 25.5 Å². The Kier molecular flexibility index (Phi) is 3.08. The molecule has 5 nitrogen and oxygen atoms in total. The molecule has 5 heteroatoms. The fourth-order valence-corrected chi connectivity index (χ4v) is 2.57. The number of aliphatic hydroxyl groups excluding tert-OH is 1. The lowest BCUT2D eigenvalue weighted by Crippen LogP contribution is -2.31. The quantitative estimate of drug-likeness (QED) is 0.822. The summed E-state index contributed by atoms with van der Waals surface area (Å²) in [5.41, 5.74) is 1.75. The van der Waals surface area contributed by atoms with Gasteiger partial charge in [-0.3, -0.25) is 9.36 Å². The van der Waals surface area contributed by atoms with Gasteiger partial charge in [-0.15, -0.1) is 0 Å². The Balaban J connectivity index is 2.16. The number of aromatic nitrogens is 2. The summed E-state index contributed by atoms with van der Waals surface area (Å²) in [7, 11) is 0. The highest BCUT2D eigenvalue weighted by Gasteiger charge is 2.27. The molecule has 0 aliphatic carbocycles. The molecule has 0 amide bonds. The molecule has 2 atom stereocenters. The fraction of sp³-hybridized carbons (Fsp3) is 0.429. The Morgan fingerprint density at radius 1 is 1.47 bits per heavy atom. The van der Waals surface area contributed by atoms with Gasteiger partial charge in [0.05, 0.1) is 29.4 Å². The van der Waals surface area contributed by atoms with Crippen LogP contribution in [0, 0.1) is 0 Å². The van der Waals surface area contributed by atoms with Crippen LogP contribution in [0.4, 0.5) is 0 Å². The highest BCUT2D eigenvalue weighted by atomic mass is 16.3. The van der Waals surface area contributed by atoms with Crippen LogP contribution in [-0.2, 0) is 6.42 Å². The van der Waals surface area contributed by atoms with Gasteiger partial charge in [0.15, 0.2) is 0 Å². The molecule has 19 heavy (non-hydrogen) atoms. The Morgan fingerprint density at radius 3 is 3.00 bits per heavy atom. The Labute approximate surface area is 110 Å². The van der Waals surface area contributed by atoms with Gasteiger partial charge in [-0.25, -0.2) is 4.98 Å². The molecule has 0 unspecified atom stereocenters. The van der Waals surface area contributed by atoms with Crippen molar-refractivity contribution in [3.63, 3.8) is 0 Å². The van der Waals surface area contributed by atoms with Crippen molar-refractivity contribution in [3.05, 3.63) is 40.4 Å². The molecule has 1 aromatic carbocycles. The minimum absolute atomic E-state index is 0.0759. The number of β-amino-alcohol motifs (C(OH)–C–C–N with tert-alkyl or cyclic N) is 1. The summed E-state index contributed by atoms with van der Waals surface area (Å²) >= 11 is 0. The second-order valence-corrected chi connectivity index (χ2v) is 4.95. The van der Waals surface area contributed by atoms with E-state index in [1.54, 1.807) is 4.57 Å². The third-order valence-electron chi connectivity index (χ3n) is 3.76. The molecule has 1 aliphatic rings. The number of hydrogen-bond acceptors (Lipinski definition) is 4. The molecule has 1 aromatic heterocycles. The van der Waals surface area contributed by atoms with Gasteiger partial charge in [0, 0.05) is 13.1 Å². The zero-order valence-electron chi connectivity index (χ0n) is 10.8. The molecule has 100 valence electrons. The summed E-state index contributed by atoms with van der Waals surface area (Å²) in [4.78, 5) is 16.8. The smallest absolute Gasteiger partial charge is 0.261 e. The van der Waals surface area contributed by atoms with Gasteiger partial charge in [-0.2, -0.15) is 0 Å². The third-order valence-corrected chi connectivity index (χ3v) is 3.76. The minimum Gasteiger partial charge on any atom is -0.390 e. The first-order chi connectivity index (χ1) is 9.20. The van der Waals surface area contributed by atoms with E-state index in [4.69, 9.17) is 0 Å². The maximum atomic E-state index is 12.5. The van der Waals surface area contributed by atoms with Crippen molar-refractivity contribution < 1.29 is 5.11 Å². The normalized spacial score (nSPS) is 23.1. The van der Waals surface area contributed by atoms with E-state index in [1.807, 2.05) is 18.2 Å². The van der Waals surface area contributed by atoms with Gasteiger partial charge in [0.2, 0.25) is 0 Å². The molecule has 0 radical (unpaired) electrons. The van der Waals surface area contributed by atoms with Crippen molar-refractivity contribution in [2.24, 2.45) is 0 Å². The zero-order valence-corrected chi connectivity index (χ0v) is 10.8. The highest BCUT2D eigenvalue weighted by molar-refractivity contribution is 5.78. The van der Waals surface area contributed by atoms with Crippen molar-refractivity contribution >= 4 is 10.9 Å². The van der Waals surface area contributed by atoms with E-state index in [1.165, 1.54) is 6.33 Å². The predicted molar refractivity (Wildman–Crippen MR) is 73.3 cm³/mol. The lowest BCUT2D eigenvalue weighted by molar-refractivity contribution is 0.149. The summed E-state index contributed by atoms with van der Waals surface area (Å²) in [6.07, 6.45) is 1.89. The lowest BCUT2D eigenvalue weighted by Gasteiger charge is -2.16. The first kappa shape index (κ1) is 12.3. The highest BCUT2D eigenvalue weighted by Crippen LogP contribution is 2.16. The summed E-state index contributed by atoms with van der Waals surface area (Å²) in [6.45, 7) is 3.17. The Bertz CT molecular complexity index is 665. The maximum absolute atomic E-state index is 12.5. The fourth-order valence-electron chi connectivity index (χ4n) is 2.57. The number of fused-ring (bicyclic) bond motifs is 1. The SMILES string of the molecule is CCc1ccc2ncn([C@@H]3CNC[C@H]3O)c(=O)c2c1. The molecule has 0 saturated carbocycles. The molecule has 2 aromatic rings. The van der Waals surface area contributed by atoms with Crippen LogP contribution in [0.5, 0.6) is 0 Å². The summed E-state index contributed by atoms with van der Waals surface area (Å²) in [5.74, 6) is 0. The molecule has 0 spiro atoms. The van der Waals surface area contributed by atoms with Crippen molar-refractivity contribution in [1.82, 2.24) is 14.9 Å². The summed E-state index contributed by atoms with van der Waals surface area (Å²) < 4.78 is 1.55. The first-order valence-corrected chi connectivity index (χ1v) is 6.59. The van der Waals surface area contributed by atoms with Crippen molar-refractivity contribution in [1.29, 1.82) is 0 Å². The van der Waals surface area contributed by atoms with Gasteiger partial charge in [-0.05, 0) is 24.1 Å². The number of nitrogens with zero attached hydrogens (tertiary/aromatic N) is 2. The number of rotatable bonds is 2. The van der Waals surface area contributed by atoms with Crippen LogP contribution in [-0.4, -0.2) is 33.9 Å². The number of nitrogens with one attached hydrogen (secondary N) is 1. The van der Waals surface area contributed by atoms with Gasteiger partial charge in [0.25, 0.3) is 5.56 Å². The van der Waals surface area contributed by atoms with Crippen LogP contribution in [0.15, 0.2) is 29.3 Å². The van der Waals surface area contributed by atoms with Crippen molar-refractivity contribution in [2.75, 3.05) is 13.1 Å². The van der Waals surface area contributed by atoms with E-state index < -0.39 is 6.10 Å². The average Bonchev–Trinajstić information content (AvgIpc) is 2.85. The average molecular weight is 259 g/mol. The lowest BCUT2D eigenvalue weighted by atomic mass is 10.1. The second kappa shape index (κ2) is 4.75. The van der Waals surface area contributed by atoms with Gasteiger partial charge in [-0.1, -0.05) is 13.0 Å². The topological polar surface area (TPSA) is 67.2 Å². The molecule has 1 saturated heterocycles. The number of benzene rings is 1. The minimum atomic E-state index is -0.536. The Morgan fingerprint density at radius 2 is 2.32 bits per heavy atom. The van der Waals surface area contributed by atoms with Crippen molar-refractivity contribution in [3.8, 4) is 0 Å². The number of aliphatic hydroxyl groups is 1. The first-order valence-electron chi connectivity index (χ1n) is 6.59. The number of aryl methyl sites for hydroxylation is 1. The molecule has 0 bridgehead atoms. The van der Waals surface area contributed by atoms with E-state index >= 15 is 0 Å². The number of hydrogen-bond donors (Lipinski definition) is 2. The standard InChI is InChI=1S/C14H17N3O2/c1-2-9-3-4-11-10(5-9)14(19)17(8-16-11)12-6-15-7-13(12)18/h3-5,8,12-13,15,18H,2,6-7H2,1H3/t12-,13-/m1/s1.